The van der Waals surface area contributed by atoms with E-state index in [0.29, 0.717) is 0 Å². The zero-order valence-corrected chi connectivity index (χ0v) is 12.5. The summed E-state index contributed by atoms with van der Waals surface area (Å²) in [6, 6.07) is 14.8. The van der Waals surface area contributed by atoms with Gasteiger partial charge in [0.05, 0.1) is 5.69 Å². The molecule has 0 saturated carbocycles. The molecule has 3 rings (SSSR count). The second-order valence-corrected chi connectivity index (χ2v) is 6.38. The van der Waals surface area contributed by atoms with E-state index in [1.54, 1.807) is 0 Å². The molecule has 3 aromatic rings. The second kappa shape index (κ2) is 4.48. The van der Waals surface area contributed by atoms with Crippen LogP contribution in [0.1, 0.15) is 32.0 Å². The molecule has 0 aliphatic carbocycles. The number of aryl methyl sites for hydroxylation is 1. The molecule has 0 atom stereocenters. The Balaban J connectivity index is 2.18. The summed E-state index contributed by atoms with van der Waals surface area (Å²) in [6.07, 6.45) is 2.14. The van der Waals surface area contributed by atoms with Crippen molar-refractivity contribution in [2.24, 2.45) is 0 Å². The fourth-order valence-corrected chi connectivity index (χ4v) is 2.49. The van der Waals surface area contributed by atoms with Gasteiger partial charge in [-0.1, -0.05) is 56.7 Å². The minimum Gasteiger partial charge on any atom is -0.303 e. The summed E-state index contributed by atoms with van der Waals surface area (Å²) in [6.45, 7) is 8.79. The van der Waals surface area contributed by atoms with Crippen LogP contribution in [0.25, 0.3) is 16.9 Å². The SMILES string of the molecule is Cc1ccc(-c2cn3c(C(C)(C)C)cccc3n2)cc1. The number of nitrogens with zero attached hydrogens (tertiary/aromatic N) is 2. The second-order valence-electron chi connectivity index (χ2n) is 6.38. The number of pyridine rings is 1. The van der Waals surface area contributed by atoms with Crippen molar-refractivity contribution in [3.8, 4) is 11.3 Å². The summed E-state index contributed by atoms with van der Waals surface area (Å²) in [4.78, 5) is 4.75. The monoisotopic (exact) mass is 264 g/mol. The van der Waals surface area contributed by atoms with Crippen molar-refractivity contribution in [1.82, 2.24) is 9.38 Å². The Labute approximate surface area is 120 Å². The molecule has 0 aliphatic rings. The lowest BCUT2D eigenvalue weighted by Gasteiger charge is -2.20. The number of rotatable bonds is 1. The van der Waals surface area contributed by atoms with Gasteiger partial charge in [0.1, 0.15) is 5.65 Å². The van der Waals surface area contributed by atoms with E-state index in [2.05, 4.69) is 80.8 Å². The van der Waals surface area contributed by atoms with Crippen molar-refractivity contribution >= 4 is 5.65 Å². The maximum absolute atomic E-state index is 4.75. The summed E-state index contributed by atoms with van der Waals surface area (Å²) >= 11 is 0. The van der Waals surface area contributed by atoms with Crippen molar-refractivity contribution in [2.75, 3.05) is 0 Å². The molecule has 0 N–H and O–H groups in total. The number of benzene rings is 1. The predicted octanol–water partition coefficient (Wildman–Crippen LogP) is 4.61. The minimum atomic E-state index is 0.102. The first-order valence-corrected chi connectivity index (χ1v) is 7.01. The van der Waals surface area contributed by atoms with Gasteiger partial charge in [0.2, 0.25) is 0 Å². The Bertz CT molecular complexity index is 743. The number of fused-ring (bicyclic) bond motifs is 1. The van der Waals surface area contributed by atoms with E-state index < -0.39 is 0 Å². The molecule has 2 aromatic heterocycles. The van der Waals surface area contributed by atoms with E-state index in [-0.39, 0.29) is 5.41 Å². The fourth-order valence-electron chi connectivity index (χ4n) is 2.49. The number of imidazole rings is 1. The number of hydrogen-bond acceptors (Lipinski definition) is 1. The molecule has 1 aromatic carbocycles. The van der Waals surface area contributed by atoms with Crippen molar-refractivity contribution in [2.45, 2.75) is 33.1 Å². The highest BCUT2D eigenvalue weighted by atomic mass is 15.0. The van der Waals surface area contributed by atoms with Gasteiger partial charge in [0, 0.05) is 22.9 Å². The third-order valence-corrected chi connectivity index (χ3v) is 3.61. The molecule has 0 aliphatic heterocycles. The maximum atomic E-state index is 4.75. The highest BCUT2D eigenvalue weighted by Gasteiger charge is 2.18. The normalized spacial score (nSPS) is 12.0. The van der Waals surface area contributed by atoms with Crippen molar-refractivity contribution in [3.63, 3.8) is 0 Å². The molecule has 20 heavy (non-hydrogen) atoms. The predicted molar refractivity (Wildman–Crippen MR) is 84.1 cm³/mol. The van der Waals surface area contributed by atoms with E-state index in [4.69, 9.17) is 4.98 Å². The first-order valence-electron chi connectivity index (χ1n) is 7.01. The van der Waals surface area contributed by atoms with Crippen molar-refractivity contribution in [1.29, 1.82) is 0 Å². The van der Waals surface area contributed by atoms with Gasteiger partial charge < -0.3 is 4.40 Å². The summed E-state index contributed by atoms with van der Waals surface area (Å²) in [5.74, 6) is 0. The van der Waals surface area contributed by atoms with Gasteiger partial charge in [-0.15, -0.1) is 0 Å². The van der Waals surface area contributed by atoms with Crippen LogP contribution < -0.4 is 0 Å². The lowest BCUT2D eigenvalue weighted by atomic mass is 9.91. The summed E-state index contributed by atoms with van der Waals surface area (Å²) in [7, 11) is 0. The quantitative estimate of drug-likeness (QED) is 0.627. The van der Waals surface area contributed by atoms with Gasteiger partial charge in [-0.3, -0.25) is 0 Å². The molecule has 102 valence electrons. The summed E-state index contributed by atoms with van der Waals surface area (Å²) in [5.41, 5.74) is 5.85. The van der Waals surface area contributed by atoms with Crippen LogP contribution in [0.2, 0.25) is 0 Å². The molecule has 0 bridgehead atoms. The Kier molecular flexibility index (Phi) is 2.89. The van der Waals surface area contributed by atoms with Gasteiger partial charge in [0.25, 0.3) is 0 Å². The molecule has 0 fully saturated rings. The molecule has 0 radical (unpaired) electrons. The lowest BCUT2D eigenvalue weighted by molar-refractivity contribution is 0.561. The minimum absolute atomic E-state index is 0.102. The van der Waals surface area contributed by atoms with Gasteiger partial charge in [-0.05, 0) is 19.1 Å². The number of aromatic nitrogens is 2. The van der Waals surface area contributed by atoms with Crippen LogP contribution in [0.4, 0.5) is 0 Å². The Morgan fingerprint density at radius 1 is 0.950 bits per heavy atom. The Morgan fingerprint density at radius 3 is 2.30 bits per heavy atom. The topological polar surface area (TPSA) is 17.3 Å². The summed E-state index contributed by atoms with van der Waals surface area (Å²) < 4.78 is 2.20. The van der Waals surface area contributed by atoms with Gasteiger partial charge in [-0.2, -0.15) is 0 Å². The van der Waals surface area contributed by atoms with E-state index in [0.717, 1.165) is 11.3 Å². The third kappa shape index (κ3) is 2.22. The smallest absolute Gasteiger partial charge is 0.137 e. The molecular formula is C18H20N2. The van der Waals surface area contributed by atoms with Crippen molar-refractivity contribution < 1.29 is 0 Å². The molecule has 0 spiro atoms. The number of hydrogen-bond donors (Lipinski definition) is 0. The van der Waals surface area contributed by atoms with Crippen LogP contribution in [-0.4, -0.2) is 9.38 Å². The molecule has 2 heterocycles. The van der Waals surface area contributed by atoms with E-state index in [1.165, 1.54) is 16.8 Å². The molecule has 0 unspecified atom stereocenters. The molecule has 2 heteroatoms. The van der Waals surface area contributed by atoms with Crippen LogP contribution >= 0.6 is 0 Å². The fraction of sp³-hybridized carbons (Fsp3) is 0.278. The molecular weight excluding hydrogens is 244 g/mol. The zero-order chi connectivity index (χ0) is 14.3. The Morgan fingerprint density at radius 2 is 1.65 bits per heavy atom. The third-order valence-electron chi connectivity index (χ3n) is 3.61. The highest BCUT2D eigenvalue weighted by Crippen LogP contribution is 2.26. The van der Waals surface area contributed by atoms with Crippen LogP contribution in [0, 0.1) is 6.92 Å². The average molecular weight is 264 g/mol. The standard InChI is InChI=1S/C18H20N2/c1-13-8-10-14(11-9-13)15-12-20-16(18(2,3)4)6-5-7-17(20)19-15/h5-12H,1-4H3. The molecule has 0 saturated heterocycles. The van der Waals surface area contributed by atoms with Crippen molar-refractivity contribution in [3.05, 3.63) is 59.9 Å². The molecule has 2 nitrogen and oxygen atoms in total. The van der Waals surface area contributed by atoms with E-state index in [9.17, 15) is 0 Å². The van der Waals surface area contributed by atoms with Crippen LogP contribution in [0.5, 0.6) is 0 Å². The maximum Gasteiger partial charge on any atom is 0.137 e. The van der Waals surface area contributed by atoms with Gasteiger partial charge in [-0.25, -0.2) is 4.98 Å². The Hall–Kier alpha value is -2.09. The van der Waals surface area contributed by atoms with E-state index in [1.807, 2.05) is 0 Å². The lowest BCUT2D eigenvalue weighted by Crippen LogP contribution is -2.15. The molecule has 0 amide bonds. The first-order chi connectivity index (χ1) is 9.45. The van der Waals surface area contributed by atoms with Crippen LogP contribution in [0.3, 0.4) is 0 Å². The zero-order valence-electron chi connectivity index (χ0n) is 12.5. The highest BCUT2D eigenvalue weighted by molar-refractivity contribution is 5.63. The summed E-state index contributed by atoms with van der Waals surface area (Å²) in [5, 5.41) is 0. The van der Waals surface area contributed by atoms with Crippen LogP contribution in [0.15, 0.2) is 48.7 Å². The largest absolute Gasteiger partial charge is 0.303 e. The van der Waals surface area contributed by atoms with E-state index >= 15 is 0 Å². The van der Waals surface area contributed by atoms with Crippen LogP contribution in [-0.2, 0) is 5.41 Å². The van der Waals surface area contributed by atoms with Gasteiger partial charge >= 0.3 is 0 Å². The average Bonchev–Trinajstić information content (AvgIpc) is 2.81. The first kappa shape index (κ1) is 12.9. The van der Waals surface area contributed by atoms with Gasteiger partial charge in [0.15, 0.2) is 0 Å².